The molecule has 0 spiro atoms. The molecule has 0 saturated carbocycles. The van der Waals surface area contributed by atoms with Gasteiger partial charge in [-0.15, -0.1) is 0 Å². The maximum absolute atomic E-state index is 12.7. The van der Waals surface area contributed by atoms with Gasteiger partial charge in [0.25, 0.3) is 5.91 Å². The predicted molar refractivity (Wildman–Crippen MR) is 115 cm³/mol. The molecular weight excluding hydrogens is 396 g/mol. The maximum Gasteiger partial charge on any atom is 0.251 e. The van der Waals surface area contributed by atoms with E-state index in [-0.39, 0.29) is 18.2 Å². The van der Waals surface area contributed by atoms with E-state index in [0.717, 1.165) is 23.2 Å². The Hall–Kier alpha value is -3.81. The van der Waals surface area contributed by atoms with Gasteiger partial charge in [0.1, 0.15) is 25.1 Å². The summed E-state index contributed by atoms with van der Waals surface area (Å²) in [6.45, 7) is 3.00. The summed E-state index contributed by atoms with van der Waals surface area (Å²) in [6, 6.07) is 14.4. The Labute approximate surface area is 179 Å². The molecule has 0 fully saturated rings. The quantitative estimate of drug-likeness (QED) is 0.662. The summed E-state index contributed by atoms with van der Waals surface area (Å²) in [5, 5.41) is 10.4. The standard InChI is InChI=1S/C23H22N4O4/c1-2-16-21(14-6-4-3-5-7-14)22-25-23(29)17(27(22)26-16)13-20(28)24-15-8-9-18-19(12-15)31-11-10-30-18/h3-9,12,17H,2,10-11,13H2,1H3,(H,24,28)(H,25,29). The molecule has 2 amide bonds. The van der Waals surface area contributed by atoms with Crippen LogP contribution in [0, 0.1) is 0 Å². The number of hydrogen-bond acceptors (Lipinski definition) is 5. The average molecular weight is 418 g/mol. The van der Waals surface area contributed by atoms with E-state index in [4.69, 9.17) is 9.47 Å². The predicted octanol–water partition coefficient (Wildman–Crippen LogP) is 3.41. The van der Waals surface area contributed by atoms with E-state index in [1.165, 1.54) is 0 Å². The Balaban J connectivity index is 1.37. The first kappa shape index (κ1) is 19.2. The van der Waals surface area contributed by atoms with Crippen LogP contribution in [-0.2, 0) is 16.0 Å². The molecule has 0 saturated heterocycles. The molecule has 0 radical (unpaired) electrons. The number of fused-ring (bicyclic) bond motifs is 2. The van der Waals surface area contributed by atoms with Crippen molar-refractivity contribution in [2.24, 2.45) is 0 Å². The molecule has 3 heterocycles. The number of amides is 2. The lowest BCUT2D eigenvalue weighted by Crippen LogP contribution is -2.24. The summed E-state index contributed by atoms with van der Waals surface area (Å²) in [5.74, 6) is 1.38. The van der Waals surface area contributed by atoms with Crippen LogP contribution in [0.3, 0.4) is 0 Å². The number of nitrogens with zero attached hydrogens (tertiary/aromatic N) is 2. The molecule has 2 N–H and O–H groups in total. The van der Waals surface area contributed by atoms with Crippen LogP contribution in [0.15, 0.2) is 48.5 Å². The van der Waals surface area contributed by atoms with Gasteiger partial charge in [-0.3, -0.25) is 9.59 Å². The molecule has 1 unspecified atom stereocenters. The molecule has 2 aromatic carbocycles. The number of nitrogens with one attached hydrogen (secondary N) is 2. The monoisotopic (exact) mass is 418 g/mol. The third-order valence-electron chi connectivity index (χ3n) is 5.42. The zero-order valence-electron chi connectivity index (χ0n) is 17.1. The first-order chi connectivity index (χ1) is 15.1. The van der Waals surface area contributed by atoms with E-state index in [9.17, 15) is 9.59 Å². The Morgan fingerprint density at radius 2 is 1.94 bits per heavy atom. The van der Waals surface area contributed by atoms with Crippen LogP contribution in [0.2, 0.25) is 0 Å². The minimum absolute atomic E-state index is 0.0215. The first-order valence-electron chi connectivity index (χ1n) is 10.3. The number of ether oxygens (including phenoxy) is 2. The van der Waals surface area contributed by atoms with E-state index in [1.54, 1.807) is 22.9 Å². The highest BCUT2D eigenvalue weighted by atomic mass is 16.6. The average Bonchev–Trinajstić information content (AvgIpc) is 3.29. The number of carbonyl (C=O) groups is 2. The van der Waals surface area contributed by atoms with Crippen molar-refractivity contribution in [2.45, 2.75) is 25.8 Å². The Kier molecular flexibility index (Phi) is 4.82. The van der Waals surface area contributed by atoms with Crippen LogP contribution in [0.1, 0.15) is 25.1 Å². The minimum atomic E-state index is -0.699. The van der Waals surface area contributed by atoms with Crippen molar-refractivity contribution in [3.8, 4) is 22.6 Å². The largest absolute Gasteiger partial charge is 0.486 e. The van der Waals surface area contributed by atoms with Gasteiger partial charge in [0.05, 0.1) is 12.1 Å². The lowest BCUT2D eigenvalue weighted by atomic mass is 10.0. The normalized spacial score (nSPS) is 16.5. The summed E-state index contributed by atoms with van der Waals surface area (Å²) in [7, 11) is 0. The van der Waals surface area contributed by atoms with Gasteiger partial charge >= 0.3 is 0 Å². The Bertz CT molecular complexity index is 1160. The zero-order valence-corrected chi connectivity index (χ0v) is 17.1. The molecule has 8 heteroatoms. The third kappa shape index (κ3) is 3.50. The zero-order chi connectivity index (χ0) is 21.4. The Morgan fingerprint density at radius 1 is 1.16 bits per heavy atom. The van der Waals surface area contributed by atoms with E-state index in [2.05, 4.69) is 15.7 Å². The second-order valence-corrected chi connectivity index (χ2v) is 7.45. The summed E-state index contributed by atoms with van der Waals surface area (Å²) >= 11 is 0. The van der Waals surface area contributed by atoms with Crippen molar-refractivity contribution in [1.82, 2.24) is 9.78 Å². The molecule has 158 valence electrons. The fourth-order valence-corrected chi connectivity index (χ4v) is 3.98. The first-order valence-corrected chi connectivity index (χ1v) is 10.3. The molecule has 2 aliphatic rings. The molecule has 1 atom stereocenters. The summed E-state index contributed by atoms with van der Waals surface area (Å²) in [4.78, 5) is 25.4. The second-order valence-electron chi connectivity index (χ2n) is 7.45. The SMILES string of the molecule is CCc1nn2c(c1-c1ccccc1)NC(=O)C2CC(=O)Nc1ccc2c(c1)OCCO2. The van der Waals surface area contributed by atoms with Crippen LogP contribution < -0.4 is 20.1 Å². The minimum Gasteiger partial charge on any atom is -0.486 e. The molecule has 3 aromatic rings. The van der Waals surface area contributed by atoms with Gasteiger partial charge in [0, 0.05) is 17.3 Å². The topological polar surface area (TPSA) is 94.5 Å². The van der Waals surface area contributed by atoms with Crippen molar-refractivity contribution in [2.75, 3.05) is 23.8 Å². The number of benzene rings is 2. The van der Waals surface area contributed by atoms with Crippen molar-refractivity contribution in [3.63, 3.8) is 0 Å². The summed E-state index contributed by atoms with van der Waals surface area (Å²) in [5.41, 5.74) is 3.37. The van der Waals surface area contributed by atoms with E-state index < -0.39 is 6.04 Å². The van der Waals surface area contributed by atoms with Crippen molar-refractivity contribution >= 4 is 23.3 Å². The van der Waals surface area contributed by atoms with Crippen molar-refractivity contribution in [1.29, 1.82) is 0 Å². The maximum atomic E-state index is 12.7. The number of rotatable bonds is 5. The lowest BCUT2D eigenvalue weighted by Gasteiger charge is -2.19. The molecule has 0 bridgehead atoms. The van der Waals surface area contributed by atoms with Crippen molar-refractivity contribution in [3.05, 3.63) is 54.2 Å². The van der Waals surface area contributed by atoms with Gasteiger partial charge in [0.15, 0.2) is 11.5 Å². The van der Waals surface area contributed by atoms with Gasteiger partial charge in [-0.1, -0.05) is 37.3 Å². The van der Waals surface area contributed by atoms with Crippen LogP contribution in [0.5, 0.6) is 11.5 Å². The number of anilines is 2. The highest BCUT2D eigenvalue weighted by Crippen LogP contribution is 2.39. The van der Waals surface area contributed by atoms with E-state index in [0.29, 0.717) is 36.2 Å². The van der Waals surface area contributed by atoms with Crippen LogP contribution in [0.4, 0.5) is 11.5 Å². The van der Waals surface area contributed by atoms with Crippen LogP contribution in [-0.4, -0.2) is 34.8 Å². The van der Waals surface area contributed by atoms with Gasteiger partial charge in [0.2, 0.25) is 5.91 Å². The molecule has 2 aliphatic heterocycles. The fourth-order valence-electron chi connectivity index (χ4n) is 3.98. The van der Waals surface area contributed by atoms with Gasteiger partial charge < -0.3 is 20.1 Å². The number of carbonyl (C=O) groups excluding carboxylic acids is 2. The van der Waals surface area contributed by atoms with Gasteiger partial charge in [-0.25, -0.2) is 4.68 Å². The molecule has 1 aromatic heterocycles. The smallest absolute Gasteiger partial charge is 0.251 e. The molecular formula is C23H22N4O4. The van der Waals surface area contributed by atoms with E-state index >= 15 is 0 Å². The lowest BCUT2D eigenvalue weighted by molar-refractivity contribution is -0.123. The number of aromatic nitrogens is 2. The van der Waals surface area contributed by atoms with Crippen LogP contribution >= 0.6 is 0 Å². The van der Waals surface area contributed by atoms with Crippen LogP contribution in [0.25, 0.3) is 11.1 Å². The number of hydrogen-bond donors (Lipinski definition) is 2. The second kappa shape index (κ2) is 7.79. The van der Waals surface area contributed by atoms with Crippen molar-refractivity contribution < 1.29 is 19.1 Å². The molecule has 31 heavy (non-hydrogen) atoms. The summed E-state index contributed by atoms with van der Waals surface area (Å²) < 4.78 is 12.7. The highest BCUT2D eigenvalue weighted by Gasteiger charge is 2.36. The molecule has 0 aliphatic carbocycles. The Morgan fingerprint density at radius 3 is 2.71 bits per heavy atom. The fraction of sp³-hybridized carbons (Fsp3) is 0.261. The molecule has 8 nitrogen and oxygen atoms in total. The highest BCUT2D eigenvalue weighted by molar-refractivity contribution is 6.04. The number of aryl methyl sites for hydroxylation is 1. The molecule has 5 rings (SSSR count). The van der Waals surface area contributed by atoms with E-state index in [1.807, 2.05) is 37.3 Å². The third-order valence-corrected chi connectivity index (χ3v) is 5.42. The van der Waals surface area contributed by atoms with Gasteiger partial charge in [-0.2, -0.15) is 5.10 Å². The summed E-state index contributed by atoms with van der Waals surface area (Å²) in [6.07, 6.45) is 0.697. The van der Waals surface area contributed by atoms with Gasteiger partial charge in [-0.05, 0) is 24.1 Å².